The average Bonchev–Trinajstić information content (AvgIpc) is 3.29. The van der Waals surface area contributed by atoms with Crippen LogP contribution in [-0.4, -0.2) is 44.7 Å². The maximum atomic E-state index is 14.0. The lowest BCUT2D eigenvalue weighted by Gasteiger charge is -2.47. The lowest BCUT2D eigenvalue weighted by atomic mass is 9.82. The second kappa shape index (κ2) is 9.46. The SMILES string of the molecule is COc1cc(C=C2CC[C@@H]3C[C@@H](O)C[C@@H](c4cc(F)c(F)c(F)c4)N3C2=O)ccc1-n1cnc(C)c1. The van der Waals surface area contributed by atoms with Crippen LogP contribution in [0, 0.1) is 24.4 Å². The van der Waals surface area contributed by atoms with Gasteiger partial charge in [0.25, 0.3) is 5.91 Å². The Morgan fingerprint density at radius 3 is 2.56 bits per heavy atom. The molecule has 6 nitrogen and oxygen atoms in total. The Bertz CT molecular complexity index is 1330. The van der Waals surface area contributed by atoms with E-state index in [9.17, 15) is 23.1 Å². The molecule has 3 heterocycles. The third-order valence-electron chi connectivity index (χ3n) is 6.95. The number of amides is 1. The molecule has 0 radical (unpaired) electrons. The van der Waals surface area contributed by atoms with Crippen molar-refractivity contribution >= 4 is 12.0 Å². The van der Waals surface area contributed by atoms with Gasteiger partial charge in [0.15, 0.2) is 17.5 Å². The second-order valence-electron chi connectivity index (χ2n) is 9.37. The van der Waals surface area contributed by atoms with E-state index in [1.54, 1.807) is 24.4 Å². The van der Waals surface area contributed by atoms with E-state index in [0.717, 1.165) is 29.1 Å². The van der Waals surface area contributed by atoms with Crippen LogP contribution in [0.3, 0.4) is 0 Å². The summed E-state index contributed by atoms with van der Waals surface area (Å²) < 4.78 is 49.0. The number of aryl methyl sites for hydroxylation is 1. The van der Waals surface area contributed by atoms with E-state index in [0.29, 0.717) is 30.6 Å². The number of hydrogen-bond donors (Lipinski definition) is 1. The van der Waals surface area contributed by atoms with Crippen LogP contribution in [0.25, 0.3) is 11.8 Å². The van der Waals surface area contributed by atoms with Crippen molar-refractivity contribution in [3.8, 4) is 11.4 Å². The van der Waals surface area contributed by atoms with E-state index in [2.05, 4.69) is 4.98 Å². The fourth-order valence-electron chi connectivity index (χ4n) is 5.26. The molecule has 0 spiro atoms. The smallest absolute Gasteiger partial charge is 0.250 e. The van der Waals surface area contributed by atoms with Crippen molar-refractivity contribution in [3.63, 3.8) is 0 Å². The number of aliphatic hydroxyl groups is 1. The molecule has 3 atom stereocenters. The molecule has 5 rings (SSSR count). The number of hydrogen-bond acceptors (Lipinski definition) is 4. The predicted molar refractivity (Wildman–Crippen MR) is 127 cm³/mol. The zero-order valence-electron chi connectivity index (χ0n) is 19.9. The Morgan fingerprint density at radius 1 is 1.14 bits per heavy atom. The van der Waals surface area contributed by atoms with E-state index in [1.807, 2.05) is 35.9 Å². The van der Waals surface area contributed by atoms with Crippen molar-refractivity contribution in [2.24, 2.45) is 0 Å². The van der Waals surface area contributed by atoms with Gasteiger partial charge >= 0.3 is 0 Å². The van der Waals surface area contributed by atoms with Gasteiger partial charge in [-0.1, -0.05) is 6.07 Å². The van der Waals surface area contributed by atoms with Gasteiger partial charge in [-0.05, 0) is 74.1 Å². The number of rotatable bonds is 4. The number of aliphatic hydroxyl groups excluding tert-OH is 1. The Hall–Kier alpha value is -3.59. The lowest BCUT2D eigenvalue weighted by molar-refractivity contribution is -0.139. The van der Waals surface area contributed by atoms with Gasteiger partial charge in [0, 0.05) is 17.8 Å². The molecule has 1 aromatic heterocycles. The summed E-state index contributed by atoms with van der Waals surface area (Å²) in [6.07, 6.45) is 6.24. The molecule has 1 amide bonds. The number of piperidine rings is 2. The first-order chi connectivity index (χ1) is 17.2. The molecule has 2 fully saturated rings. The fraction of sp³-hybridized carbons (Fsp3) is 0.333. The highest BCUT2D eigenvalue weighted by Crippen LogP contribution is 2.41. The first kappa shape index (κ1) is 24.1. The van der Waals surface area contributed by atoms with Crippen LogP contribution < -0.4 is 4.74 Å². The van der Waals surface area contributed by atoms with Gasteiger partial charge in [0.1, 0.15) is 5.75 Å². The Labute approximate surface area is 206 Å². The van der Waals surface area contributed by atoms with Crippen LogP contribution in [0.5, 0.6) is 5.75 Å². The summed E-state index contributed by atoms with van der Waals surface area (Å²) in [4.78, 5) is 19.4. The number of methoxy groups -OCH3 is 1. The Balaban J connectivity index is 1.47. The minimum absolute atomic E-state index is 0.118. The van der Waals surface area contributed by atoms with E-state index in [-0.39, 0.29) is 23.9 Å². The maximum Gasteiger partial charge on any atom is 0.250 e. The van der Waals surface area contributed by atoms with Crippen LogP contribution in [-0.2, 0) is 4.79 Å². The first-order valence-corrected chi connectivity index (χ1v) is 11.8. The molecule has 188 valence electrons. The highest BCUT2D eigenvalue weighted by molar-refractivity contribution is 5.99. The van der Waals surface area contributed by atoms with Crippen LogP contribution >= 0.6 is 0 Å². The summed E-state index contributed by atoms with van der Waals surface area (Å²) in [5.41, 5.74) is 3.12. The van der Waals surface area contributed by atoms with Gasteiger partial charge in [0.05, 0.1) is 37.0 Å². The molecule has 2 saturated heterocycles. The normalized spacial score (nSPS) is 23.2. The number of halogens is 3. The van der Waals surface area contributed by atoms with Crippen molar-refractivity contribution in [1.29, 1.82) is 0 Å². The van der Waals surface area contributed by atoms with Crippen molar-refractivity contribution in [2.45, 2.75) is 50.8 Å². The van der Waals surface area contributed by atoms with E-state index < -0.39 is 29.6 Å². The fourth-order valence-corrected chi connectivity index (χ4v) is 5.26. The maximum absolute atomic E-state index is 14.0. The molecule has 1 N–H and O–H groups in total. The third kappa shape index (κ3) is 4.39. The number of imidazole rings is 1. The molecular weight excluding hydrogens is 471 g/mol. The van der Waals surface area contributed by atoms with Gasteiger partial charge in [-0.15, -0.1) is 0 Å². The van der Waals surface area contributed by atoms with E-state index in [1.165, 1.54) is 0 Å². The van der Waals surface area contributed by atoms with Crippen molar-refractivity contribution < 1.29 is 27.8 Å². The predicted octanol–water partition coefficient (Wildman–Crippen LogP) is 4.88. The van der Waals surface area contributed by atoms with Gasteiger partial charge in [0.2, 0.25) is 0 Å². The molecule has 0 aliphatic carbocycles. The van der Waals surface area contributed by atoms with Crippen molar-refractivity contribution in [3.05, 3.63) is 82.7 Å². The average molecular weight is 498 g/mol. The van der Waals surface area contributed by atoms with E-state index in [4.69, 9.17) is 4.74 Å². The number of benzene rings is 2. The second-order valence-corrected chi connectivity index (χ2v) is 9.37. The number of fused-ring (bicyclic) bond motifs is 1. The summed E-state index contributed by atoms with van der Waals surface area (Å²) in [5.74, 6) is -3.84. The minimum atomic E-state index is -1.56. The summed E-state index contributed by atoms with van der Waals surface area (Å²) in [7, 11) is 1.57. The van der Waals surface area contributed by atoms with Crippen LogP contribution in [0.15, 0.2) is 48.4 Å². The van der Waals surface area contributed by atoms with Crippen molar-refractivity contribution in [1.82, 2.24) is 14.5 Å². The summed E-state index contributed by atoms with van der Waals surface area (Å²) in [6, 6.07) is 6.37. The first-order valence-electron chi connectivity index (χ1n) is 11.8. The Morgan fingerprint density at radius 2 is 1.89 bits per heavy atom. The standard InChI is InChI=1S/C27H26F3N3O3/c1-15-13-32(14-31-15)23-6-3-16(8-25(23)36-2)7-17-4-5-19-11-20(34)12-24(33(19)27(17)35)18-9-21(28)26(30)22(29)10-18/h3,6-10,13-14,19-20,24,34H,4-5,11-12H2,1-2H3/t19-,20-,24+/m1/s1. The molecule has 3 aromatic rings. The monoisotopic (exact) mass is 497 g/mol. The topological polar surface area (TPSA) is 67.6 Å². The van der Waals surface area contributed by atoms with E-state index >= 15 is 0 Å². The van der Waals surface area contributed by atoms with Crippen molar-refractivity contribution in [2.75, 3.05) is 7.11 Å². The number of carbonyl (C=O) groups is 1. The highest BCUT2D eigenvalue weighted by atomic mass is 19.2. The summed E-state index contributed by atoms with van der Waals surface area (Å²) in [6.45, 7) is 1.89. The number of ether oxygens (including phenoxy) is 1. The molecule has 2 aliphatic heterocycles. The van der Waals surface area contributed by atoms with Crippen LogP contribution in [0.1, 0.15) is 48.5 Å². The zero-order chi connectivity index (χ0) is 25.6. The lowest BCUT2D eigenvalue weighted by Crippen LogP contribution is -2.52. The summed E-state index contributed by atoms with van der Waals surface area (Å²) >= 11 is 0. The zero-order valence-corrected chi connectivity index (χ0v) is 19.9. The molecule has 36 heavy (non-hydrogen) atoms. The van der Waals surface area contributed by atoms with Crippen LogP contribution in [0.2, 0.25) is 0 Å². The molecule has 2 aromatic carbocycles. The van der Waals surface area contributed by atoms with Crippen LogP contribution in [0.4, 0.5) is 13.2 Å². The Kier molecular flexibility index (Phi) is 6.34. The summed E-state index contributed by atoms with van der Waals surface area (Å²) in [5, 5.41) is 10.4. The van der Waals surface area contributed by atoms with Gasteiger partial charge < -0.3 is 19.3 Å². The van der Waals surface area contributed by atoms with Gasteiger partial charge in [-0.25, -0.2) is 18.2 Å². The largest absolute Gasteiger partial charge is 0.495 e. The molecule has 0 bridgehead atoms. The molecule has 0 unspecified atom stereocenters. The highest BCUT2D eigenvalue weighted by Gasteiger charge is 2.42. The number of carbonyl (C=O) groups excluding carboxylic acids is 1. The molecule has 9 heteroatoms. The minimum Gasteiger partial charge on any atom is -0.495 e. The number of aromatic nitrogens is 2. The number of nitrogens with zero attached hydrogens (tertiary/aromatic N) is 3. The quantitative estimate of drug-likeness (QED) is 0.412. The van der Waals surface area contributed by atoms with Gasteiger partial charge in [-0.3, -0.25) is 4.79 Å². The molecular formula is C27H26F3N3O3. The molecule has 0 saturated carbocycles. The third-order valence-corrected chi connectivity index (χ3v) is 6.95. The van der Waals surface area contributed by atoms with Gasteiger partial charge in [-0.2, -0.15) is 0 Å². The molecule has 2 aliphatic rings.